The Morgan fingerprint density at radius 2 is 2.00 bits per heavy atom. The molecule has 3 N–H and O–H groups in total. The molecule has 1 amide bonds. The van der Waals surface area contributed by atoms with E-state index in [2.05, 4.69) is 20.8 Å². The Morgan fingerprint density at radius 3 is 2.59 bits per heavy atom. The maximum Gasteiger partial charge on any atom is 0.239 e. The molecule has 0 radical (unpaired) electrons. The van der Waals surface area contributed by atoms with Gasteiger partial charge in [0.1, 0.15) is 5.82 Å². The van der Waals surface area contributed by atoms with Crippen molar-refractivity contribution in [3.05, 3.63) is 39.9 Å². The third-order valence-electron chi connectivity index (χ3n) is 3.51. The van der Waals surface area contributed by atoms with Crippen LogP contribution in [0.2, 0.25) is 0 Å². The number of H-pyrrole nitrogens is 1. The van der Waals surface area contributed by atoms with Crippen LogP contribution in [0.3, 0.4) is 0 Å². The lowest BCUT2D eigenvalue weighted by Gasteiger charge is -2.12. The SMILES string of the molecule is Cc1cccc(C)c1NCC(=O)NCCn1c(C)n[nH]c1=S. The first-order valence-electron chi connectivity index (χ1n) is 7.17. The summed E-state index contributed by atoms with van der Waals surface area (Å²) in [6.45, 7) is 7.30. The second-order valence-corrected chi connectivity index (χ2v) is 5.58. The number of hydrogen-bond donors (Lipinski definition) is 3. The first kappa shape index (κ1) is 16.2. The number of anilines is 1. The smallest absolute Gasteiger partial charge is 0.239 e. The van der Waals surface area contributed by atoms with Gasteiger partial charge in [-0.25, -0.2) is 0 Å². The minimum atomic E-state index is -0.0460. The number of hydrogen-bond acceptors (Lipinski definition) is 4. The van der Waals surface area contributed by atoms with Crippen LogP contribution >= 0.6 is 12.2 Å². The number of amides is 1. The van der Waals surface area contributed by atoms with Crippen molar-refractivity contribution in [2.24, 2.45) is 0 Å². The number of aromatic nitrogens is 3. The molecule has 0 saturated heterocycles. The summed E-state index contributed by atoms with van der Waals surface area (Å²) in [5.74, 6) is 0.767. The third kappa shape index (κ3) is 3.94. The van der Waals surface area contributed by atoms with Crippen LogP contribution in [0.5, 0.6) is 0 Å². The molecule has 7 heteroatoms. The average molecular weight is 319 g/mol. The second kappa shape index (κ2) is 7.22. The summed E-state index contributed by atoms with van der Waals surface area (Å²) in [6, 6.07) is 6.06. The molecule has 0 aliphatic heterocycles. The molecule has 22 heavy (non-hydrogen) atoms. The zero-order valence-electron chi connectivity index (χ0n) is 13.1. The molecule has 0 spiro atoms. The van der Waals surface area contributed by atoms with Crippen LogP contribution in [0.1, 0.15) is 17.0 Å². The summed E-state index contributed by atoms with van der Waals surface area (Å²) < 4.78 is 2.43. The van der Waals surface area contributed by atoms with Crippen LogP contribution in [0.4, 0.5) is 5.69 Å². The van der Waals surface area contributed by atoms with Crippen molar-refractivity contribution in [3.63, 3.8) is 0 Å². The Morgan fingerprint density at radius 1 is 1.32 bits per heavy atom. The van der Waals surface area contributed by atoms with E-state index >= 15 is 0 Å². The van der Waals surface area contributed by atoms with E-state index in [9.17, 15) is 4.79 Å². The van der Waals surface area contributed by atoms with Gasteiger partial charge in [0.25, 0.3) is 0 Å². The first-order valence-corrected chi connectivity index (χ1v) is 7.58. The lowest BCUT2D eigenvalue weighted by Crippen LogP contribution is -2.32. The fraction of sp³-hybridized carbons (Fsp3) is 0.400. The van der Waals surface area contributed by atoms with Crippen molar-refractivity contribution >= 4 is 23.8 Å². The third-order valence-corrected chi connectivity index (χ3v) is 3.83. The molecule has 2 rings (SSSR count). The number of para-hydroxylation sites is 1. The molecule has 2 aromatic rings. The highest BCUT2D eigenvalue weighted by Gasteiger charge is 2.06. The summed E-state index contributed by atoms with van der Waals surface area (Å²) in [5.41, 5.74) is 3.28. The molecule has 0 bridgehead atoms. The van der Waals surface area contributed by atoms with E-state index in [-0.39, 0.29) is 12.5 Å². The van der Waals surface area contributed by atoms with Crippen molar-refractivity contribution in [3.8, 4) is 0 Å². The lowest BCUT2D eigenvalue weighted by atomic mass is 10.1. The van der Waals surface area contributed by atoms with Crippen molar-refractivity contribution in [2.45, 2.75) is 27.3 Å². The number of aryl methyl sites for hydroxylation is 3. The second-order valence-electron chi connectivity index (χ2n) is 5.20. The fourth-order valence-corrected chi connectivity index (χ4v) is 2.56. The molecule has 0 fully saturated rings. The highest BCUT2D eigenvalue weighted by Crippen LogP contribution is 2.18. The van der Waals surface area contributed by atoms with E-state index < -0.39 is 0 Å². The van der Waals surface area contributed by atoms with Gasteiger partial charge in [0.05, 0.1) is 6.54 Å². The van der Waals surface area contributed by atoms with Gasteiger partial charge in [0.2, 0.25) is 5.91 Å². The van der Waals surface area contributed by atoms with Gasteiger partial charge < -0.3 is 15.2 Å². The van der Waals surface area contributed by atoms with E-state index in [1.165, 1.54) is 0 Å². The lowest BCUT2D eigenvalue weighted by molar-refractivity contribution is -0.119. The Bertz CT molecular complexity index is 699. The van der Waals surface area contributed by atoms with Gasteiger partial charge in [0.15, 0.2) is 4.77 Å². The van der Waals surface area contributed by atoms with Crippen molar-refractivity contribution in [2.75, 3.05) is 18.4 Å². The number of carbonyl (C=O) groups is 1. The summed E-state index contributed by atoms with van der Waals surface area (Å²) in [5, 5.41) is 12.8. The van der Waals surface area contributed by atoms with Crippen molar-refractivity contribution in [1.29, 1.82) is 0 Å². The van der Waals surface area contributed by atoms with Gasteiger partial charge in [-0.3, -0.25) is 9.89 Å². The quantitative estimate of drug-likeness (QED) is 0.713. The van der Waals surface area contributed by atoms with E-state index in [4.69, 9.17) is 12.2 Å². The molecule has 0 aliphatic rings. The molecule has 6 nitrogen and oxygen atoms in total. The molecule has 0 aliphatic carbocycles. The van der Waals surface area contributed by atoms with Crippen LogP contribution in [0, 0.1) is 25.5 Å². The number of nitrogens with one attached hydrogen (secondary N) is 3. The maximum atomic E-state index is 11.9. The number of benzene rings is 1. The first-order chi connectivity index (χ1) is 10.5. The fourth-order valence-electron chi connectivity index (χ4n) is 2.29. The molecular formula is C15H21N5OS. The van der Waals surface area contributed by atoms with Crippen molar-refractivity contribution in [1.82, 2.24) is 20.1 Å². The molecule has 0 saturated carbocycles. The number of aromatic amines is 1. The van der Waals surface area contributed by atoms with E-state index in [0.29, 0.717) is 17.9 Å². The van der Waals surface area contributed by atoms with E-state index in [1.54, 1.807) is 0 Å². The van der Waals surface area contributed by atoms with Crippen molar-refractivity contribution < 1.29 is 4.79 Å². The largest absolute Gasteiger partial charge is 0.376 e. The number of rotatable bonds is 6. The molecule has 0 unspecified atom stereocenters. The summed E-state index contributed by atoms with van der Waals surface area (Å²) in [4.78, 5) is 11.9. The van der Waals surface area contributed by atoms with Crippen LogP contribution in [-0.4, -0.2) is 33.8 Å². The van der Waals surface area contributed by atoms with E-state index in [1.807, 2.05) is 43.5 Å². The monoisotopic (exact) mass is 319 g/mol. The van der Waals surface area contributed by atoms with Crippen LogP contribution in [0.25, 0.3) is 0 Å². The van der Waals surface area contributed by atoms with Gasteiger partial charge in [-0.15, -0.1) is 0 Å². The Hall–Kier alpha value is -2.15. The van der Waals surface area contributed by atoms with Gasteiger partial charge >= 0.3 is 0 Å². The predicted molar refractivity (Wildman–Crippen MR) is 89.6 cm³/mol. The van der Waals surface area contributed by atoms with Crippen LogP contribution in [-0.2, 0) is 11.3 Å². The van der Waals surface area contributed by atoms with Crippen LogP contribution < -0.4 is 10.6 Å². The minimum absolute atomic E-state index is 0.0460. The summed E-state index contributed by atoms with van der Waals surface area (Å²) in [6.07, 6.45) is 0. The average Bonchev–Trinajstić information content (AvgIpc) is 2.78. The predicted octanol–water partition coefficient (Wildman–Crippen LogP) is 2.09. The molecule has 1 heterocycles. The summed E-state index contributed by atoms with van der Waals surface area (Å²) >= 11 is 5.12. The van der Waals surface area contributed by atoms with Gasteiger partial charge in [-0.1, -0.05) is 18.2 Å². The standard InChI is InChI=1S/C15H21N5OS/c1-10-5-4-6-11(2)14(10)17-9-13(21)16-7-8-20-12(3)18-19-15(20)22/h4-6,17H,7-9H2,1-3H3,(H,16,21)(H,19,22). The zero-order valence-corrected chi connectivity index (χ0v) is 13.9. The highest BCUT2D eigenvalue weighted by molar-refractivity contribution is 7.71. The minimum Gasteiger partial charge on any atom is -0.376 e. The topological polar surface area (TPSA) is 74.7 Å². The molecule has 0 atom stereocenters. The highest BCUT2D eigenvalue weighted by atomic mass is 32.1. The molecule has 1 aromatic heterocycles. The van der Waals surface area contributed by atoms with Crippen LogP contribution in [0.15, 0.2) is 18.2 Å². The normalized spacial score (nSPS) is 10.5. The molecule has 118 valence electrons. The van der Waals surface area contributed by atoms with Gasteiger partial charge in [-0.05, 0) is 44.1 Å². The number of carbonyl (C=O) groups excluding carboxylic acids is 1. The maximum absolute atomic E-state index is 11.9. The Kier molecular flexibility index (Phi) is 5.32. The van der Waals surface area contributed by atoms with Gasteiger partial charge in [0, 0.05) is 18.8 Å². The molecular weight excluding hydrogens is 298 g/mol. The number of nitrogens with zero attached hydrogens (tertiary/aromatic N) is 2. The Labute approximate surface area is 134 Å². The Balaban J connectivity index is 1.80. The van der Waals surface area contributed by atoms with E-state index in [0.717, 1.165) is 22.6 Å². The zero-order chi connectivity index (χ0) is 16.1. The summed E-state index contributed by atoms with van der Waals surface area (Å²) in [7, 11) is 0. The van der Waals surface area contributed by atoms with Gasteiger partial charge in [-0.2, -0.15) is 5.10 Å². The molecule has 1 aromatic carbocycles.